The van der Waals surface area contributed by atoms with E-state index in [2.05, 4.69) is 20.9 Å². The lowest BCUT2D eigenvalue weighted by atomic mass is 9.82. The molecule has 3 amide bonds. The number of carbonyl (C=O) groups excluding carboxylic acids is 3. The van der Waals surface area contributed by atoms with Gasteiger partial charge in [0.05, 0.1) is 23.4 Å². The van der Waals surface area contributed by atoms with Crippen LogP contribution in [0.3, 0.4) is 0 Å². The Morgan fingerprint density at radius 2 is 1.79 bits per heavy atom. The topological polar surface area (TPSA) is 130 Å². The maximum Gasteiger partial charge on any atom is 0.408 e. The van der Waals surface area contributed by atoms with Crippen molar-refractivity contribution in [1.29, 1.82) is 0 Å². The van der Waals surface area contributed by atoms with Gasteiger partial charge in [-0.15, -0.1) is 11.3 Å². The zero-order chi connectivity index (χ0) is 28.3. The highest BCUT2D eigenvalue weighted by molar-refractivity contribution is 7.07. The summed E-state index contributed by atoms with van der Waals surface area (Å²) in [5.74, 6) is -0.180. The van der Waals surface area contributed by atoms with Crippen molar-refractivity contribution in [2.24, 2.45) is 17.8 Å². The first-order valence-electron chi connectivity index (χ1n) is 14.0. The number of hydrogen-bond donors (Lipinski definition) is 4. The third kappa shape index (κ3) is 12.1. The van der Waals surface area contributed by atoms with Gasteiger partial charge in [-0.3, -0.25) is 9.59 Å². The first kappa shape index (κ1) is 32.0. The molecular formula is C28H48N4O5S. The second kappa shape index (κ2) is 15.4. The number of thiazole rings is 1. The van der Waals surface area contributed by atoms with Crippen molar-refractivity contribution >= 4 is 29.2 Å². The van der Waals surface area contributed by atoms with Crippen molar-refractivity contribution in [3.05, 3.63) is 16.6 Å². The van der Waals surface area contributed by atoms with E-state index in [4.69, 9.17) is 4.74 Å². The minimum Gasteiger partial charge on any atom is -0.444 e. The Hall–Kier alpha value is -2.20. The summed E-state index contributed by atoms with van der Waals surface area (Å²) in [4.78, 5) is 42.9. The number of aliphatic hydroxyl groups is 1. The summed E-state index contributed by atoms with van der Waals surface area (Å²) in [5, 5.41) is 21.7. The number of carbonyl (C=O) groups is 3. The molecule has 0 spiro atoms. The molecule has 2 rings (SSSR count). The van der Waals surface area contributed by atoms with E-state index < -0.39 is 41.7 Å². The van der Waals surface area contributed by atoms with Crippen molar-refractivity contribution in [3.8, 4) is 0 Å². The van der Waals surface area contributed by atoms with E-state index in [1.165, 1.54) is 17.8 Å². The summed E-state index contributed by atoms with van der Waals surface area (Å²) in [7, 11) is 0. The van der Waals surface area contributed by atoms with E-state index >= 15 is 0 Å². The third-order valence-electron chi connectivity index (χ3n) is 6.74. The van der Waals surface area contributed by atoms with E-state index in [1.807, 2.05) is 19.2 Å². The number of hydrogen-bond acceptors (Lipinski definition) is 7. The molecule has 1 aliphatic carbocycles. The first-order valence-corrected chi connectivity index (χ1v) is 14.9. The molecule has 216 valence electrons. The fraction of sp³-hybridized carbons (Fsp3) is 0.786. The van der Waals surface area contributed by atoms with Crippen molar-refractivity contribution in [3.63, 3.8) is 0 Å². The maximum absolute atomic E-state index is 13.5. The molecule has 4 N–H and O–H groups in total. The molecule has 0 radical (unpaired) electrons. The van der Waals surface area contributed by atoms with Gasteiger partial charge in [0.15, 0.2) is 0 Å². The predicted molar refractivity (Wildman–Crippen MR) is 150 cm³/mol. The summed E-state index contributed by atoms with van der Waals surface area (Å²) in [6.45, 7) is 11.7. The summed E-state index contributed by atoms with van der Waals surface area (Å²) in [6, 6.07) is -1.45. The van der Waals surface area contributed by atoms with Gasteiger partial charge in [-0.2, -0.15) is 0 Å². The molecule has 0 aliphatic heterocycles. The molecule has 0 aromatic carbocycles. The van der Waals surface area contributed by atoms with Gasteiger partial charge in [0.1, 0.15) is 11.6 Å². The lowest BCUT2D eigenvalue weighted by Gasteiger charge is -2.32. The molecule has 9 nitrogen and oxygen atoms in total. The lowest BCUT2D eigenvalue weighted by molar-refractivity contribution is -0.126. The molecule has 1 fully saturated rings. The SMILES string of the molecule is CC(C)CNC(=O)[C@H](C)C[C@H](O)[C@H](CC1CCCCC1)NC(=O)[C@H](Cc1cscn1)NC(=O)OC(C)(C)C. The van der Waals surface area contributed by atoms with Crippen LogP contribution in [0.15, 0.2) is 10.9 Å². The largest absolute Gasteiger partial charge is 0.444 e. The van der Waals surface area contributed by atoms with Crippen molar-refractivity contribution in [2.75, 3.05) is 6.54 Å². The Morgan fingerprint density at radius 3 is 2.37 bits per heavy atom. The standard InChI is InChI=1S/C28H48N4O5S/c1-18(2)15-29-25(34)19(3)12-24(33)22(13-20-10-8-7-9-11-20)31-26(35)23(14-21-16-38-17-30-21)32-27(36)37-28(4,5)6/h16-20,22-24,33H,7-15H2,1-6H3,(H,29,34)(H,31,35)(H,32,36)/t19-,22+,23+,24+/m1/s1. The first-order chi connectivity index (χ1) is 17.8. The van der Waals surface area contributed by atoms with E-state index in [1.54, 1.807) is 33.2 Å². The van der Waals surface area contributed by atoms with E-state index in [-0.39, 0.29) is 18.7 Å². The van der Waals surface area contributed by atoms with Crippen LogP contribution >= 0.6 is 11.3 Å². The highest BCUT2D eigenvalue weighted by Gasteiger charge is 2.32. The second-order valence-corrected chi connectivity index (χ2v) is 12.8. The predicted octanol–water partition coefficient (Wildman–Crippen LogP) is 4.19. The van der Waals surface area contributed by atoms with Crippen molar-refractivity contribution in [2.45, 2.75) is 117 Å². The molecule has 0 unspecified atom stereocenters. The lowest BCUT2D eigenvalue weighted by Crippen LogP contribution is -2.54. The molecule has 38 heavy (non-hydrogen) atoms. The number of rotatable bonds is 13. The zero-order valence-electron chi connectivity index (χ0n) is 23.9. The fourth-order valence-corrected chi connectivity index (χ4v) is 5.27. The van der Waals surface area contributed by atoms with Crippen LogP contribution in [0, 0.1) is 17.8 Å². The number of alkyl carbamates (subject to hydrolysis) is 1. The second-order valence-electron chi connectivity index (χ2n) is 12.1. The van der Waals surface area contributed by atoms with Crippen LogP contribution < -0.4 is 16.0 Å². The number of amides is 3. The summed E-state index contributed by atoms with van der Waals surface area (Å²) in [5.41, 5.74) is 1.66. The monoisotopic (exact) mass is 552 g/mol. The van der Waals surface area contributed by atoms with Gasteiger partial charge >= 0.3 is 6.09 Å². The Balaban J connectivity index is 2.14. The summed E-state index contributed by atoms with van der Waals surface area (Å²) < 4.78 is 5.39. The molecule has 1 aromatic rings. The Kier molecular flexibility index (Phi) is 13.0. The normalized spacial score (nSPS) is 17.8. The van der Waals surface area contributed by atoms with Crippen LogP contribution in [0.1, 0.15) is 92.2 Å². The van der Waals surface area contributed by atoms with Gasteiger partial charge < -0.3 is 25.8 Å². The quantitative estimate of drug-likeness (QED) is 0.290. The smallest absolute Gasteiger partial charge is 0.408 e. The van der Waals surface area contributed by atoms with Gasteiger partial charge in [-0.05, 0) is 45.4 Å². The molecule has 0 bridgehead atoms. The van der Waals surface area contributed by atoms with Gasteiger partial charge in [0.25, 0.3) is 0 Å². The average Bonchev–Trinajstić information content (AvgIpc) is 3.34. The summed E-state index contributed by atoms with van der Waals surface area (Å²) in [6.07, 6.45) is 5.08. The number of aliphatic hydroxyl groups excluding tert-OH is 1. The van der Waals surface area contributed by atoms with Gasteiger partial charge in [0.2, 0.25) is 11.8 Å². The number of aromatic nitrogens is 1. The Labute approximate surface area is 231 Å². The molecular weight excluding hydrogens is 504 g/mol. The van der Waals surface area contributed by atoms with Crippen LogP contribution in [0.4, 0.5) is 4.79 Å². The minimum atomic E-state index is -0.917. The van der Waals surface area contributed by atoms with Crippen LogP contribution in [0.5, 0.6) is 0 Å². The molecule has 1 saturated carbocycles. The Morgan fingerprint density at radius 1 is 1.11 bits per heavy atom. The minimum absolute atomic E-state index is 0.103. The number of ether oxygens (including phenoxy) is 1. The van der Waals surface area contributed by atoms with Crippen LogP contribution in [-0.2, 0) is 20.7 Å². The molecule has 4 atom stereocenters. The Bertz CT molecular complexity index is 865. The van der Waals surface area contributed by atoms with Crippen LogP contribution in [-0.4, -0.2) is 58.3 Å². The van der Waals surface area contributed by atoms with E-state index in [0.717, 1.165) is 25.7 Å². The third-order valence-corrected chi connectivity index (χ3v) is 7.37. The average molecular weight is 553 g/mol. The molecule has 10 heteroatoms. The van der Waals surface area contributed by atoms with Gasteiger partial charge in [0, 0.05) is 24.3 Å². The van der Waals surface area contributed by atoms with Crippen molar-refractivity contribution in [1.82, 2.24) is 20.9 Å². The highest BCUT2D eigenvalue weighted by Crippen LogP contribution is 2.29. The van der Waals surface area contributed by atoms with E-state index in [9.17, 15) is 19.5 Å². The maximum atomic E-state index is 13.5. The molecule has 1 heterocycles. The zero-order valence-corrected chi connectivity index (χ0v) is 24.7. The summed E-state index contributed by atoms with van der Waals surface area (Å²) >= 11 is 1.41. The van der Waals surface area contributed by atoms with Gasteiger partial charge in [-0.1, -0.05) is 52.9 Å². The van der Waals surface area contributed by atoms with Crippen molar-refractivity contribution < 1.29 is 24.2 Å². The highest BCUT2D eigenvalue weighted by atomic mass is 32.1. The molecule has 1 aromatic heterocycles. The fourth-order valence-electron chi connectivity index (χ4n) is 4.70. The van der Waals surface area contributed by atoms with Crippen LogP contribution in [0.2, 0.25) is 0 Å². The van der Waals surface area contributed by atoms with E-state index in [0.29, 0.717) is 30.5 Å². The number of nitrogens with one attached hydrogen (secondary N) is 3. The molecule has 1 aliphatic rings. The van der Waals surface area contributed by atoms with Crippen LogP contribution in [0.25, 0.3) is 0 Å². The molecule has 0 saturated heterocycles. The number of nitrogens with zero attached hydrogens (tertiary/aromatic N) is 1. The van der Waals surface area contributed by atoms with Gasteiger partial charge in [-0.25, -0.2) is 9.78 Å².